The van der Waals surface area contributed by atoms with E-state index in [0.717, 1.165) is 0 Å². The Morgan fingerprint density at radius 3 is 2.84 bits per heavy atom. The third kappa shape index (κ3) is 2.88. The van der Waals surface area contributed by atoms with Crippen molar-refractivity contribution in [3.63, 3.8) is 0 Å². The minimum atomic E-state index is -3.58. The maximum atomic E-state index is 12.4. The molecular weight excluding hydrogens is 266 g/mol. The first-order valence-corrected chi connectivity index (χ1v) is 7.65. The van der Waals surface area contributed by atoms with Crippen LogP contribution in [0.3, 0.4) is 0 Å². The Kier molecular flexibility index (Phi) is 3.80. The van der Waals surface area contributed by atoms with Crippen molar-refractivity contribution in [1.29, 1.82) is 0 Å². The molecule has 7 heteroatoms. The minimum Gasteiger partial charge on any atom is -0.376 e. The van der Waals surface area contributed by atoms with Gasteiger partial charge in [-0.3, -0.25) is 0 Å². The van der Waals surface area contributed by atoms with Gasteiger partial charge in [0.2, 0.25) is 10.0 Å². The van der Waals surface area contributed by atoms with E-state index in [1.807, 2.05) is 13.8 Å². The molecule has 0 radical (unpaired) electrons. The van der Waals surface area contributed by atoms with E-state index in [-0.39, 0.29) is 11.0 Å². The van der Waals surface area contributed by atoms with Gasteiger partial charge in [-0.05, 0) is 26.3 Å². The van der Waals surface area contributed by atoms with Crippen LogP contribution in [0.4, 0.5) is 5.82 Å². The molecule has 1 aliphatic rings. The fourth-order valence-electron chi connectivity index (χ4n) is 2.05. The van der Waals surface area contributed by atoms with E-state index in [0.29, 0.717) is 18.8 Å². The Hall–Kier alpha value is -1.18. The van der Waals surface area contributed by atoms with E-state index in [1.165, 1.54) is 18.3 Å². The zero-order valence-electron chi connectivity index (χ0n) is 11.3. The van der Waals surface area contributed by atoms with Gasteiger partial charge in [0.25, 0.3) is 0 Å². The molecule has 2 atom stereocenters. The zero-order valence-corrected chi connectivity index (χ0v) is 12.1. The Labute approximate surface area is 113 Å². The molecule has 1 aliphatic heterocycles. The first kappa shape index (κ1) is 14.2. The van der Waals surface area contributed by atoms with Crippen LogP contribution in [0.1, 0.15) is 20.3 Å². The van der Waals surface area contributed by atoms with Crippen LogP contribution in [-0.2, 0) is 14.8 Å². The predicted molar refractivity (Wildman–Crippen MR) is 72.5 cm³/mol. The van der Waals surface area contributed by atoms with Crippen LogP contribution < -0.4 is 10.0 Å². The van der Waals surface area contributed by atoms with Gasteiger partial charge in [-0.1, -0.05) is 0 Å². The van der Waals surface area contributed by atoms with E-state index in [1.54, 1.807) is 7.05 Å². The van der Waals surface area contributed by atoms with E-state index in [4.69, 9.17) is 4.74 Å². The van der Waals surface area contributed by atoms with Crippen molar-refractivity contribution in [2.24, 2.45) is 0 Å². The zero-order chi connectivity index (χ0) is 14.1. The highest BCUT2D eigenvalue weighted by molar-refractivity contribution is 7.89. The van der Waals surface area contributed by atoms with Crippen LogP contribution >= 0.6 is 0 Å². The highest BCUT2D eigenvalue weighted by atomic mass is 32.2. The summed E-state index contributed by atoms with van der Waals surface area (Å²) in [5.41, 5.74) is -0.568. The second-order valence-electron chi connectivity index (χ2n) is 4.91. The average molecular weight is 285 g/mol. The maximum Gasteiger partial charge on any atom is 0.241 e. The van der Waals surface area contributed by atoms with Crippen molar-refractivity contribution in [1.82, 2.24) is 9.71 Å². The lowest BCUT2D eigenvalue weighted by Crippen LogP contribution is -2.50. The van der Waals surface area contributed by atoms with Gasteiger partial charge in [-0.25, -0.2) is 18.1 Å². The van der Waals surface area contributed by atoms with Gasteiger partial charge >= 0.3 is 0 Å². The summed E-state index contributed by atoms with van der Waals surface area (Å²) in [7, 11) is -1.88. The lowest BCUT2D eigenvalue weighted by atomic mass is 9.97. The van der Waals surface area contributed by atoms with Crippen LogP contribution in [-0.4, -0.2) is 38.7 Å². The molecule has 0 aromatic carbocycles. The molecule has 1 saturated heterocycles. The molecule has 0 spiro atoms. The number of rotatable bonds is 4. The predicted octanol–water partition coefficient (Wildman–Crippen LogP) is 0.969. The van der Waals surface area contributed by atoms with Crippen LogP contribution in [0.25, 0.3) is 0 Å². The standard InChI is InChI=1S/C12H19N3O3S/c1-9-12(2,5-7-18-9)15-19(16,17)10-4-6-14-11(8-10)13-3/h4,6,8-9,15H,5,7H2,1-3H3,(H,13,14). The summed E-state index contributed by atoms with van der Waals surface area (Å²) in [5, 5.41) is 2.82. The van der Waals surface area contributed by atoms with Gasteiger partial charge in [0.1, 0.15) is 5.82 Å². The summed E-state index contributed by atoms with van der Waals surface area (Å²) < 4.78 is 33.0. The molecule has 2 rings (SSSR count). The Morgan fingerprint density at radius 1 is 1.53 bits per heavy atom. The largest absolute Gasteiger partial charge is 0.376 e. The van der Waals surface area contributed by atoms with Crippen molar-refractivity contribution >= 4 is 15.8 Å². The first-order valence-electron chi connectivity index (χ1n) is 6.17. The molecule has 2 N–H and O–H groups in total. The molecule has 2 heterocycles. The summed E-state index contributed by atoms with van der Waals surface area (Å²) in [4.78, 5) is 4.21. The van der Waals surface area contributed by atoms with Gasteiger partial charge in [-0.15, -0.1) is 0 Å². The van der Waals surface area contributed by atoms with Gasteiger partial charge in [-0.2, -0.15) is 0 Å². The van der Waals surface area contributed by atoms with Gasteiger partial charge < -0.3 is 10.1 Å². The van der Waals surface area contributed by atoms with Crippen LogP contribution in [0.15, 0.2) is 23.2 Å². The number of nitrogens with zero attached hydrogens (tertiary/aromatic N) is 1. The molecular formula is C12H19N3O3S. The quantitative estimate of drug-likeness (QED) is 0.861. The first-order chi connectivity index (χ1) is 8.87. The third-order valence-corrected chi connectivity index (χ3v) is 5.16. The van der Waals surface area contributed by atoms with Crippen LogP contribution in [0.2, 0.25) is 0 Å². The summed E-state index contributed by atoms with van der Waals surface area (Å²) in [5.74, 6) is 0.517. The second-order valence-corrected chi connectivity index (χ2v) is 6.60. The fraction of sp³-hybridized carbons (Fsp3) is 0.583. The molecule has 19 heavy (non-hydrogen) atoms. The maximum absolute atomic E-state index is 12.4. The van der Waals surface area contributed by atoms with Crippen LogP contribution in [0.5, 0.6) is 0 Å². The SMILES string of the molecule is CNc1cc(S(=O)(=O)NC2(C)CCOC2C)ccn1. The summed E-state index contributed by atoms with van der Waals surface area (Å²) in [6, 6.07) is 2.99. The number of anilines is 1. The number of ether oxygens (including phenoxy) is 1. The average Bonchev–Trinajstić information content (AvgIpc) is 2.68. The number of hydrogen-bond donors (Lipinski definition) is 2. The summed E-state index contributed by atoms with van der Waals surface area (Å²) in [6.07, 6.45) is 1.99. The topological polar surface area (TPSA) is 80.3 Å². The van der Waals surface area contributed by atoms with Gasteiger partial charge in [0, 0.05) is 25.9 Å². The minimum absolute atomic E-state index is 0.145. The second kappa shape index (κ2) is 5.07. The lowest BCUT2D eigenvalue weighted by molar-refractivity contribution is 0.0957. The van der Waals surface area contributed by atoms with E-state index in [9.17, 15) is 8.42 Å². The number of aromatic nitrogens is 1. The highest BCUT2D eigenvalue weighted by Crippen LogP contribution is 2.27. The molecule has 1 fully saturated rings. The van der Waals surface area contributed by atoms with Crippen LogP contribution in [0, 0.1) is 0 Å². The molecule has 0 saturated carbocycles. The highest BCUT2D eigenvalue weighted by Gasteiger charge is 2.40. The lowest BCUT2D eigenvalue weighted by Gasteiger charge is -2.28. The normalized spacial score (nSPS) is 27.4. The number of nitrogens with one attached hydrogen (secondary N) is 2. The van der Waals surface area contributed by atoms with Crippen molar-refractivity contribution in [2.75, 3.05) is 19.0 Å². The monoisotopic (exact) mass is 285 g/mol. The van der Waals surface area contributed by atoms with Crippen molar-refractivity contribution in [3.8, 4) is 0 Å². The molecule has 0 aliphatic carbocycles. The van der Waals surface area contributed by atoms with Crippen molar-refractivity contribution in [3.05, 3.63) is 18.3 Å². The Morgan fingerprint density at radius 2 is 2.26 bits per heavy atom. The molecule has 1 aromatic rings. The third-order valence-electron chi connectivity index (χ3n) is 3.55. The molecule has 106 valence electrons. The number of hydrogen-bond acceptors (Lipinski definition) is 5. The molecule has 0 amide bonds. The van der Waals surface area contributed by atoms with Crippen molar-refractivity contribution < 1.29 is 13.2 Å². The number of pyridine rings is 1. The van der Waals surface area contributed by atoms with Gasteiger partial charge in [0.15, 0.2) is 0 Å². The molecule has 6 nitrogen and oxygen atoms in total. The summed E-state index contributed by atoms with van der Waals surface area (Å²) in [6.45, 7) is 4.31. The smallest absolute Gasteiger partial charge is 0.241 e. The Bertz CT molecular complexity index is 561. The summed E-state index contributed by atoms with van der Waals surface area (Å²) >= 11 is 0. The molecule has 0 bridgehead atoms. The molecule has 2 unspecified atom stereocenters. The number of sulfonamides is 1. The van der Waals surface area contributed by atoms with E-state index < -0.39 is 15.6 Å². The van der Waals surface area contributed by atoms with Gasteiger partial charge in [0.05, 0.1) is 16.5 Å². The fourth-order valence-corrected chi connectivity index (χ4v) is 3.56. The molecule has 1 aromatic heterocycles. The van der Waals surface area contributed by atoms with Crippen molar-refractivity contribution in [2.45, 2.75) is 36.8 Å². The van der Waals surface area contributed by atoms with E-state index >= 15 is 0 Å². The Balaban J connectivity index is 2.27. The van der Waals surface area contributed by atoms with E-state index in [2.05, 4.69) is 15.0 Å².